The van der Waals surface area contributed by atoms with Gasteiger partial charge in [-0.1, -0.05) is 12.1 Å². The summed E-state index contributed by atoms with van der Waals surface area (Å²) in [6.07, 6.45) is 4.19. The molecule has 1 atom stereocenters. The molecule has 2 aromatic heterocycles. The summed E-state index contributed by atoms with van der Waals surface area (Å²) >= 11 is 2.83. The van der Waals surface area contributed by atoms with Gasteiger partial charge in [-0.05, 0) is 11.4 Å². The van der Waals surface area contributed by atoms with E-state index < -0.39 is 5.92 Å². The number of dihydropyridines is 1. The number of aromatic nitrogens is 1. The van der Waals surface area contributed by atoms with Crippen LogP contribution < -0.4 is 10.6 Å². The van der Waals surface area contributed by atoms with Crippen molar-refractivity contribution in [2.24, 2.45) is 10.9 Å². The van der Waals surface area contributed by atoms with E-state index in [2.05, 4.69) is 20.6 Å². The minimum Gasteiger partial charge on any atom is -0.351 e. The predicted molar refractivity (Wildman–Crippen MR) is 96.7 cm³/mol. The quantitative estimate of drug-likeness (QED) is 0.805. The molecule has 9 heteroatoms. The van der Waals surface area contributed by atoms with Gasteiger partial charge in [0.15, 0.2) is 5.13 Å². The first kappa shape index (κ1) is 17.2. The third kappa shape index (κ3) is 4.91. The molecule has 2 aromatic rings. The molecule has 0 spiro atoms. The summed E-state index contributed by atoms with van der Waals surface area (Å²) in [7, 11) is 0. The Morgan fingerprint density at radius 2 is 2.16 bits per heavy atom. The van der Waals surface area contributed by atoms with Crippen molar-refractivity contribution in [3.05, 3.63) is 45.6 Å². The van der Waals surface area contributed by atoms with E-state index >= 15 is 0 Å². The van der Waals surface area contributed by atoms with E-state index in [0.29, 0.717) is 17.4 Å². The van der Waals surface area contributed by atoms with Crippen molar-refractivity contribution in [1.82, 2.24) is 10.3 Å². The highest BCUT2D eigenvalue weighted by Gasteiger charge is 2.18. The van der Waals surface area contributed by atoms with Crippen LogP contribution in [0.1, 0.15) is 10.6 Å². The number of hydrogen-bond acceptors (Lipinski definition) is 6. The normalized spacial score (nSPS) is 16.0. The van der Waals surface area contributed by atoms with Gasteiger partial charge in [0, 0.05) is 22.5 Å². The molecule has 0 radical (unpaired) electrons. The van der Waals surface area contributed by atoms with Crippen molar-refractivity contribution in [1.29, 1.82) is 0 Å². The number of rotatable bonds is 6. The first-order chi connectivity index (χ1) is 12.1. The summed E-state index contributed by atoms with van der Waals surface area (Å²) in [5, 5.41) is 9.58. The maximum atomic E-state index is 12.1. The highest BCUT2D eigenvalue weighted by Crippen LogP contribution is 2.17. The number of carbonyl (C=O) groups is 3. The molecule has 0 saturated carbocycles. The van der Waals surface area contributed by atoms with Crippen molar-refractivity contribution < 1.29 is 14.4 Å². The Morgan fingerprint density at radius 3 is 2.88 bits per heavy atom. The van der Waals surface area contributed by atoms with Crippen molar-refractivity contribution >= 4 is 51.7 Å². The van der Waals surface area contributed by atoms with Crippen molar-refractivity contribution in [2.45, 2.75) is 13.0 Å². The monoisotopic (exact) mass is 374 g/mol. The third-order valence-corrected chi connectivity index (χ3v) is 4.96. The standard InChI is InChI=1S/C16H14N4O3S2/c21-13-4-3-10(7-17-13)15(23)20-16-19-11(9-25-16)6-14(22)18-8-12-2-1-5-24-12/h1-5,7,9-10H,6,8H2,(H,18,22)(H,19,20,23). The molecule has 2 N–H and O–H groups in total. The Hall–Kier alpha value is -2.65. The van der Waals surface area contributed by atoms with Gasteiger partial charge in [-0.15, -0.1) is 22.7 Å². The van der Waals surface area contributed by atoms with E-state index in [1.54, 1.807) is 16.7 Å². The van der Waals surface area contributed by atoms with Gasteiger partial charge in [0.25, 0.3) is 5.91 Å². The van der Waals surface area contributed by atoms with Crippen LogP contribution in [0.25, 0.3) is 0 Å². The van der Waals surface area contributed by atoms with Crippen LogP contribution in [0.4, 0.5) is 5.13 Å². The fourth-order valence-corrected chi connectivity index (χ4v) is 3.41. The van der Waals surface area contributed by atoms with E-state index in [-0.39, 0.29) is 24.1 Å². The number of amides is 3. The minimum absolute atomic E-state index is 0.127. The molecule has 7 nitrogen and oxygen atoms in total. The van der Waals surface area contributed by atoms with Crippen molar-refractivity contribution in [3.63, 3.8) is 0 Å². The van der Waals surface area contributed by atoms with Gasteiger partial charge in [0.2, 0.25) is 11.8 Å². The molecule has 0 saturated heterocycles. The lowest BCUT2D eigenvalue weighted by Gasteiger charge is -2.08. The molecule has 1 unspecified atom stereocenters. The lowest BCUT2D eigenvalue weighted by Crippen LogP contribution is -2.25. The molecule has 1 aliphatic rings. The zero-order valence-electron chi connectivity index (χ0n) is 13.0. The topological polar surface area (TPSA) is 101 Å². The number of thiazole rings is 1. The Bertz CT molecular complexity index is 823. The smallest absolute Gasteiger partial charge is 0.269 e. The molecule has 0 aliphatic carbocycles. The van der Waals surface area contributed by atoms with Crippen LogP contribution in [0.15, 0.2) is 40.0 Å². The van der Waals surface area contributed by atoms with E-state index in [1.165, 1.54) is 29.7 Å². The Balaban J connectivity index is 1.49. The number of thiophene rings is 1. The Labute approximate surface area is 151 Å². The molecule has 3 heterocycles. The summed E-state index contributed by atoms with van der Waals surface area (Å²) in [5.74, 6) is -1.43. The van der Waals surface area contributed by atoms with E-state index in [1.807, 2.05) is 17.5 Å². The van der Waals surface area contributed by atoms with Crippen LogP contribution in [0.3, 0.4) is 0 Å². The second-order valence-electron chi connectivity index (χ2n) is 5.17. The zero-order valence-corrected chi connectivity index (χ0v) is 14.6. The van der Waals surface area contributed by atoms with Gasteiger partial charge in [0.05, 0.1) is 24.6 Å². The summed E-state index contributed by atoms with van der Waals surface area (Å²) in [6.45, 7) is 0.496. The molecule has 1 aliphatic heterocycles. The molecule has 0 aromatic carbocycles. The highest BCUT2D eigenvalue weighted by molar-refractivity contribution is 7.14. The number of aliphatic imine (C=N–C) groups is 1. The number of nitrogens with one attached hydrogen (secondary N) is 2. The number of nitrogens with zero attached hydrogens (tertiary/aromatic N) is 2. The SMILES string of the molecule is O=C1C=CC(C(=O)Nc2nc(CC(=O)NCc3cccs3)cs2)C=N1. The first-order valence-corrected chi connectivity index (χ1v) is 9.17. The maximum Gasteiger partial charge on any atom is 0.269 e. The van der Waals surface area contributed by atoms with Crippen LogP contribution in [-0.2, 0) is 27.3 Å². The molecule has 3 rings (SSSR count). The van der Waals surface area contributed by atoms with Gasteiger partial charge in [-0.2, -0.15) is 0 Å². The predicted octanol–water partition coefficient (Wildman–Crippen LogP) is 1.79. The van der Waals surface area contributed by atoms with E-state index in [9.17, 15) is 14.4 Å². The first-order valence-electron chi connectivity index (χ1n) is 7.41. The Kier molecular flexibility index (Phi) is 5.46. The van der Waals surface area contributed by atoms with Gasteiger partial charge in [-0.25, -0.2) is 9.98 Å². The van der Waals surface area contributed by atoms with Gasteiger partial charge in [0.1, 0.15) is 0 Å². The molecule has 128 valence electrons. The number of carbonyl (C=O) groups excluding carboxylic acids is 3. The van der Waals surface area contributed by atoms with Crippen LogP contribution in [0, 0.1) is 5.92 Å². The second kappa shape index (κ2) is 7.95. The van der Waals surface area contributed by atoms with Gasteiger partial charge < -0.3 is 10.6 Å². The average Bonchev–Trinajstić information content (AvgIpc) is 3.25. The minimum atomic E-state index is -0.598. The lowest BCUT2D eigenvalue weighted by atomic mass is 10.1. The number of hydrogen-bond donors (Lipinski definition) is 2. The average molecular weight is 374 g/mol. The van der Waals surface area contributed by atoms with Gasteiger partial charge in [-0.3, -0.25) is 14.4 Å². The Morgan fingerprint density at radius 1 is 1.28 bits per heavy atom. The molecule has 25 heavy (non-hydrogen) atoms. The highest BCUT2D eigenvalue weighted by atomic mass is 32.1. The summed E-state index contributed by atoms with van der Waals surface area (Å²) in [5.41, 5.74) is 0.590. The summed E-state index contributed by atoms with van der Waals surface area (Å²) in [4.78, 5) is 43.9. The van der Waals surface area contributed by atoms with E-state index in [4.69, 9.17) is 0 Å². The van der Waals surface area contributed by atoms with Crippen LogP contribution in [-0.4, -0.2) is 28.9 Å². The van der Waals surface area contributed by atoms with Crippen LogP contribution in [0.2, 0.25) is 0 Å². The third-order valence-electron chi connectivity index (χ3n) is 3.27. The fraction of sp³-hybridized carbons (Fsp3) is 0.188. The molecule has 0 fully saturated rings. The molecule has 0 bridgehead atoms. The summed E-state index contributed by atoms with van der Waals surface area (Å²) < 4.78 is 0. The zero-order chi connectivity index (χ0) is 17.6. The molecular formula is C16H14N4O3S2. The van der Waals surface area contributed by atoms with Crippen molar-refractivity contribution in [2.75, 3.05) is 5.32 Å². The number of anilines is 1. The van der Waals surface area contributed by atoms with Gasteiger partial charge >= 0.3 is 0 Å². The van der Waals surface area contributed by atoms with Crippen molar-refractivity contribution in [3.8, 4) is 0 Å². The summed E-state index contributed by atoms with van der Waals surface area (Å²) in [6, 6.07) is 3.89. The second-order valence-corrected chi connectivity index (χ2v) is 7.06. The molecular weight excluding hydrogens is 360 g/mol. The fourth-order valence-electron chi connectivity index (χ4n) is 2.05. The van der Waals surface area contributed by atoms with Crippen LogP contribution >= 0.6 is 22.7 Å². The largest absolute Gasteiger partial charge is 0.351 e. The molecule has 3 amide bonds. The van der Waals surface area contributed by atoms with Crippen LogP contribution in [0.5, 0.6) is 0 Å². The van der Waals surface area contributed by atoms with E-state index in [0.717, 1.165) is 4.88 Å². The maximum absolute atomic E-state index is 12.1. The lowest BCUT2D eigenvalue weighted by molar-refractivity contribution is -0.120.